The van der Waals surface area contributed by atoms with Crippen LogP contribution in [-0.4, -0.2) is 23.0 Å². The Bertz CT molecular complexity index is 192. The molecular formula is C8H17N3O2. The van der Waals surface area contributed by atoms with Crippen LogP contribution in [0, 0.1) is 0 Å². The molecule has 76 valence electrons. The molecule has 5 heteroatoms. The number of hydrogen-bond donors (Lipinski definition) is 3. The van der Waals surface area contributed by atoms with Crippen molar-refractivity contribution in [3.8, 4) is 0 Å². The van der Waals surface area contributed by atoms with E-state index >= 15 is 0 Å². The maximum Gasteiger partial charge on any atom is 0.220 e. The molecule has 0 saturated carbocycles. The summed E-state index contributed by atoms with van der Waals surface area (Å²) in [6.07, 6.45) is 1.95. The van der Waals surface area contributed by atoms with E-state index in [9.17, 15) is 4.79 Å². The van der Waals surface area contributed by atoms with E-state index in [1.165, 1.54) is 0 Å². The molecule has 0 rings (SSSR count). The summed E-state index contributed by atoms with van der Waals surface area (Å²) in [4.78, 5) is 11.0. The van der Waals surface area contributed by atoms with Crippen molar-refractivity contribution in [1.82, 2.24) is 5.32 Å². The van der Waals surface area contributed by atoms with E-state index in [-0.39, 0.29) is 17.8 Å². The molecule has 4 N–H and O–H groups in total. The van der Waals surface area contributed by atoms with Crippen LogP contribution in [0.4, 0.5) is 0 Å². The van der Waals surface area contributed by atoms with Crippen molar-refractivity contribution in [2.45, 2.75) is 39.2 Å². The van der Waals surface area contributed by atoms with Crippen molar-refractivity contribution >= 4 is 11.7 Å². The maximum absolute atomic E-state index is 11.0. The molecule has 0 saturated heterocycles. The number of nitrogens with zero attached hydrogens (tertiary/aromatic N) is 1. The predicted molar refractivity (Wildman–Crippen MR) is 50.5 cm³/mol. The van der Waals surface area contributed by atoms with Crippen molar-refractivity contribution < 1.29 is 10.0 Å². The first-order valence-corrected chi connectivity index (χ1v) is 4.42. The van der Waals surface area contributed by atoms with Gasteiger partial charge in [0.25, 0.3) is 0 Å². The Labute approximate surface area is 78.0 Å². The maximum atomic E-state index is 11.0. The molecule has 0 bridgehead atoms. The molecule has 5 nitrogen and oxygen atoms in total. The SMILES string of the molecule is CCCC(NC(=O)CC)/C(N)=N/O. The predicted octanol–water partition coefficient (Wildman–Crippen LogP) is 0.428. The lowest BCUT2D eigenvalue weighted by molar-refractivity contribution is -0.121. The van der Waals surface area contributed by atoms with E-state index in [1.807, 2.05) is 6.92 Å². The molecule has 0 fully saturated rings. The van der Waals surface area contributed by atoms with Gasteiger partial charge in [-0.05, 0) is 6.42 Å². The molecule has 0 aliphatic heterocycles. The number of nitrogens with two attached hydrogens (primary N) is 1. The summed E-state index contributed by atoms with van der Waals surface area (Å²) in [5.74, 6) is -0.0336. The zero-order valence-corrected chi connectivity index (χ0v) is 8.08. The van der Waals surface area contributed by atoms with Crippen molar-refractivity contribution in [3.63, 3.8) is 0 Å². The first-order chi connectivity index (χ1) is 6.15. The van der Waals surface area contributed by atoms with Crippen LogP contribution < -0.4 is 11.1 Å². The number of nitrogens with one attached hydrogen (secondary N) is 1. The second-order valence-electron chi connectivity index (χ2n) is 2.79. The Kier molecular flexibility index (Phi) is 5.67. The Morgan fingerprint density at radius 1 is 1.62 bits per heavy atom. The van der Waals surface area contributed by atoms with Crippen molar-refractivity contribution in [2.75, 3.05) is 0 Å². The monoisotopic (exact) mass is 187 g/mol. The lowest BCUT2D eigenvalue weighted by Crippen LogP contribution is -2.44. The molecule has 0 heterocycles. The van der Waals surface area contributed by atoms with E-state index in [4.69, 9.17) is 10.9 Å². The summed E-state index contributed by atoms with van der Waals surface area (Å²) < 4.78 is 0. The van der Waals surface area contributed by atoms with Crippen molar-refractivity contribution in [1.29, 1.82) is 0 Å². The average Bonchev–Trinajstić information content (AvgIpc) is 2.15. The molecule has 0 aliphatic carbocycles. The van der Waals surface area contributed by atoms with Gasteiger partial charge in [0.05, 0.1) is 6.04 Å². The van der Waals surface area contributed by atoms with Crippen LogP contribution in [0.1, 0.15) is 33.1 Å². The fourth-order valence-corrected chi connectivity index (χ4v) is 0.949. The summed E-state index contributed by atoms with van der Waals surface area (Å²) in [5, 5.41) is 14.0. The Balaban J connectivity index is 4.17. The molecule has 0 aliphatic rings. The quantitative estimate of drug-likeness (QED) is 0.252. The molecule has 0 radical (unpaired) electrons. The lowest BCUT2D eigenvalue weighted by atomic mass is 10.1. The summed E-state index contributed by atoms with van der Waals surface area (Å²) in [5.41, 5.74) is 5.39. The first kappa shape index (κ1) is 11.7. The third-order valence-corrected chi connectivity index (χ3v) is 1.71. The summed E-state index contributed by atoms with van der Waals surface area (Å²) in [6, 6.07) is -0.345. The van der Waals surface area contributed by atoms with Crippen molar-refractivity contribution in [2.24, 2.45) is 10.9 Å². The van der Waals surface area contributed by atoms with Gasteiger partial charge >= 0.3 is 0 Å². The van der Waals surface area contributed by atoms with Gasteiger partial charge in [0, 0.05) is 6.42 Å². The van der Waals surface area contributed by atoms with Crippen molar-refractivity contribution in [3.05, 3.63) is 0 Å². The van der Waals surface area contributed by atoms with Crippen LogP contribution in [-0.2, 0) is 4.79 Å². The summed E-state index contributed by atoms with van der Waals surface area (Å²) in [6.45, 7) is 3.72. The molecular weight excluding hydrogens is 170 g/mol. The molecule has 0 aromatic rings. The van der Waals surface area contributed by atoms with Gasteiger partial charge in [-0.15, -0.1) is 0 Å². The van der Waals surface area contributed by atoms with Crippen LogP contribution in [0.15, 0.2) is 5.16 Å². The highest BCUT2D eigenvalue weighted by molar-refractivity contribution is 5.89. The van der Waals surface area contributed by atoms with Gasteiger partial charge in [-0.3, -0.25) is 4.79 Å². The second kappa shape index (κ2) is 6.28. The van der Waals surface area contributed by atoms with Gasteiger partial charge in [-0.2, -0.15) is 0 Å². The van der Waals surface area contributed by atoms with Gasteiger partial charge in [-0.25, -0.2) is 0 Å². The van der Waals surface area contributed by atoms with Crippen LogP contribution in [0.3, 0.4) is 0 Å². The van der Waals surface area contributed by atoms with Gasteiger partial charge in [0.2, 0.25) is 5.91 Å². The third-order valence-electron chi connectivity index (χ3n) is 1.71. The van der Waals surface area contributed by atoms with E-state index in [0.29, 0.717) is 12.8 Å². The number of rotatable bonds is 5. The van der Waals surface area contributed by atoms with Crippen LogP contribution >= 0.6 is 0 Å². The summed E-state index contributed by atoms with van der Waals surface area (Å²) in [7, 11) is 0. The molecule has 0 spiro atoms. The van der Waals surface area contributed by atoms with E-state index in [2.05, 4.69) is 10.5 Å². The number of carbonyl (C=O) groups excluding carboxylic acids is 1. The first-order valence-electron chi connectivity index (χ1n) is 4.42. The molecule has 1 amide bonds. The minimum absolute atomic E-state index is 0.0589. The summed E-state index contributed by atoms with van der Waals surface area (Å²) >= 11 is 0. The number of hydrogen-bond acceptors (Lipinski definition) is 3. The fraction of sp³-hybridized carbons (Fsp3) is 0.750. The third kappa shape index (κ3) is 4.35. The Morgan fingerprint density at radius 2 is 2.23 bits per heavy atom. The minimum Gasteiger partial charge on any atom is -0.409 e. The highest BCUT2D eigenvalue weighted by atomic mass is 16.4. The molecule has 0 aromatic carbocycles. The minimum atomic E-state index is -0.345. The van der Waals surface area contributed by atoms with Crippen LogP contribution in [0.25, 0.3) is 0 Å². The van der Waals surface area contributed by atoms with Gasteiger partial charge in [0.15, 0.2) is 5.84 Å². The van der Waals surface area contributed by atoms with E-state index in [0.717, 1.165) is 6.42 Å². The van der Waals surface area contributed by atoms with Gasteiger partial charge < -0.3 is 16.3 Å². The molecule has 1 atom stereocenters. The van der Waals surface area contributed by atoms with Gasteiger partial charge in [0.1, 0.15) is 0 Å². The van der Waals surface area contributed by atoms with Crippen LogP contribution in [0.2, 0.25) is 0 Å². The highest BCUT2D eigenvalue weighted by Crippen LogP contribution is 1.97. The number of carbonyl (C=O) groups is 1. The zero-order chi connectivity index (χ0) is 10.3. The largest absolute Gasteiger partial charge is 0.409 e. The molecule has 0 aromatic heterocycles. The standard InChI is InChI=1S/C8H17N3O2/c1-3-5-6(8(9)11-13)10-7(12)4-2/h6,13H,3-5H2,1-2H3,(H2,9,11)(H,10,12). The topological polar surface area (TPSA) is 87.7 Å². The number of amides is 1. The number of oxime groups is 1. The Hall–Kier alpha value is -1.26. The van der Waals surface area contributed by atoms with E-state index < -0.39 is 0 Å². The number of amidine groups is 1. The normalized spacial score (nSPS) is 13.8. The van der Waals surface area contributed by atoms with Crippen LogP contribution in [0.5, 0.6) is 0 Å². The lowest BCUT2D eigenvalue weighted by Gasteiger charge is -2.15. The van der Waals surface area contributed by atoms with Gasteiger partial charge in [-0.1, -0.05) is 25.4 Å². The molecule has 1 unspecified atom stereocenters. The molecule has 13 heavy (non-hydrogen) atoms. The zero-order valence-electron chi connectivity index (χ0n) is 8.08. The smallest absolute Gasteiger partial charge is 0.220 e. The second-order valence-corrected chi connectivity index (χ2v) is 2.79. The van der Waals surface area contributed by atoms with E-state index in [1.54, 1.807) is 6.92 Å². The highest BCUT2D eigenvalue weighted by Gasteiger charge is 2.14. The fourth-order valence-electron chi connectivity index (χ4n) is 0.949. The Morgan fingerprint density at radius 3 is 2.62 bits per heavy atom. The average molecular weight is 187 g/mol.